The highest BCUT2D eigenvalue weighted by atomic mass is 16.5. The summed E-state index contributed by atoms with van der Waals surface area (Å²) >= 11 is 0. The van der Waals surface area contributed by atoms with E-state index in [0.717, 1.165) is 64.5 Å². The fourth-order valence-corrected chi connectivity index (χ4v) is 9.27. The first kappa shape index (κ1) is 34.6. The summed E-state index contributed by atoms with van der Waals surface area (Å²) in [7, 11) is 12.1. The Balaban J connectivity index is 0.000000181. The SMILES string of the molecule is COC[C@H]1C(=O)NCC12CCC(c1ccccc1)(N(C)C)CC2.COC[C@H]1C(=O)NCC12CCC(c1ccccc1)(N(C)C)CC2. The zero-order chi connectivity index (χ0) is 33.0. The van der Waals surface area contributed by atoms with Gasteiger partial charge in [0.2, 0.25) is 11.8 Å². The minimum absolute atomic E-state index is 0.00318. The van der Waals surface area contributed by atoms with Crippen molar-refractivity contribution in [3.05, 3.63) is 71.8 Å². The maximum atomic E-state index is 12.2. The van der Waals surface area contributed by atoms with E-state index in [0.29, 0.717) is 13.2 Å². The number of carbonyl (C=O) groups excluding carboxylic acids is 2. The number of hydrogen-bond donors (Lipinski definition) is 2. The molecule has 46 heavy (non-hydrogen) atoms. The van der Waals surface area contributed by atoms with Crippen LogP contribution in [0.15, 0.2) is 60.7 Å². The molecule has 8 heteroatoms. The zero-order valence-electron chi connectivity index (χ0n) is 28.9. The highest BCUT2D eigenvalue weighted by Crippen LogP contribution is 2.54. The zero-order valence-corrected chi connectivity index (χ0v) is 28.9. The molecule has 0 aromatic heterocycles. The van der Waals surface area contributed by atoms with Gasteiger partial charge in [-0.1, -0.05) is 60.7 Å². The maximum Gasteiger partial charge on any atom is 0.226 e. The van der Waals surface area contributed by atoms with Crippen LogP contribution in [0.25, 0.3) is 0 Å². The van der Waals surface area contributed by atoms with E-state index < -0.39 is 0 Å². The minimum atomic E-state index is 0.00318. The second-order valence-corrected chi connectivity index (χ2v) is 14.8. The normalized spacial score (nSPS) is 34.1. The molecule has 2 aliphatic carbocycles. The Morgan fingerprint density at radius 1 is 0.587 bits per heavy atom. The number of methoxy groups -OCH3 is 2. The van der Waals surface area contributed by atoms with E-state index in [1.54, 1.807) is 14.2 Å². The molecule has 2 saturated heterocycles. The molecule has 2 heterocycles. The molecule has 2 aromatic rings. The number of nitrogens with zero attached hydrogens (tertiary/aromatic N) is 2. The van der Waals surface area contributed by atoms with E-state index in [1.165, 1.54) is 11.1 Å². The number of ether oxygens (including phenoxy) is 2. The molecule has 6 rings (SSSR count). The van der Waals surface area contributed by atoms with Crippen LogP contribution in [0.5, 0.6) is 0 Å². The van der Waals surface area contributed by atoms with Crippen LogP contribution in [-0.4, -0.2) is 90.3 Å². The Kier molecular flexibility index (Phi) is 10.6. The van der Waals surface area contributed by atoms with Gasteiger partial charge in [-0.25, -0.2) is 0 Å². The highest BCUT2D eigenvalue weighted by Gasteiger charge is 2.54. The molecule has 2 aliphatic heterocycles. The molecule has 2 amide bonds. The lowest BCUT2D eigenvalue weighted by Gasteiger charge is -2.50. The molecule has 0 unspecified atom stereocenters. The number of hydrogen-bond acceptors (Lipinski definition) is 6. The molecule has 2 saturated carbocycles. The summed E-state index contributed by atoms with van der Waals surface area (Å²) in [4.78, 5) is 29.1. The smallest absolute Gasteiger partial charge is 0.226 e. The number of carbonyl (C=O) groups is 2. The third kappa shape index (κ3) is 6.26. The summed E-state index contributed by atoms with van der Waals surface area (Å²) in [5.41, 5.74) is 3.08. The van der Waals surface area contributed by atoms with E-state index in [2.05, 4.69) is 109 Å². The first-order valence-electron chi connectivity index (χ1n) is 17.1. The standard InChI is InChI=1S/2C19H28N2O2/c2*1-21(2)19(15-7-5-4-6-8-15)11-9-18(10-12-19)14-20-17(22)16(18)13-23-3/h2*4-8,16H,9-14H2,1-3H3,(H,20,22)/t2*16-,18?,19?/m00/s1. The number of benzene rings is 2. The Morgan fingerprint density at radius 3 is 1.20 bits per heavy atom. The molecular weight excluding hydrogens is 576 g/mol. The summed E-state index contributed by atoms with van der Waals surface area (Å²) in [5.74, 6) is 0.347. The summed E-state index contributed by atoms with van der Waals surface area (Å²) in [6.45, 7) is 2.68. The van der Waals surface area contributed by atoms with Gasteiger partial charge in [-0.2, -0.15) is 0 Å². The molecule has 0 radical (unpaired) electrons. The van der Waals surface area contributed by atoms with Crippen molar-refractivity contribution >= 4 is 11.8 Å². The Labute approximate surface area is 276 Å². The molecule has 8 nitrogen and oxygen atoms in total. The molecule has 252 valence electrons. The Hall–Kier alpha value is -2.78. The van der Waals surface area contributed by atoms with E-state index in [1.807, 2.05) is 0 Å². The molecule has 2 atom stereocenters. The van der Waals surface area contributed by atoms with Gasteiger partial charge in [0.1, 0.15) is 0 Å². The van der Waals surface area contributed by atoms with Crippen molar-refractivity contribution in [3.8, 4) is 0 Å². The molecule has 2 N–H and O–H groups in total. The van der Waals surface area contributed by atoms with Gasteiger partial charge in [-0.05, 0) is 90.7 Å². The van der Waals surface area contributed by atoms with Crippen molar-refractivity contribution < 1.29 is 19.1 Å². The average Bonchev–Trinajstić information content (AvgIpc) is 3.54. The summed E-state index contributed by atoms with van der Waals surface area (Å²) in [5, 5.41) is 6.16. The van der Waals surface area contributed by atoms with Crippen LogP contribution in [-0.2, 0) is 30.1 Å². The van der Waals surface area contributed by atoms with Gasteiger partial charge in [0, 0.05) is 49.2 Å². The van der Waals surface area contributed by atoms with Crippen molar-refractivity contribution in [2.24, 2.45) is 22.7 Å². The van der Waals surface area contributed by atoms with Gasteiger partial charge in [0.25, 0.3) is 0 Å². The van der Waals surface area contributed by atoms with Crippen LogP contribution in [0, 0.1) is 22.7 Å². The van der Waals surface area contributed by atoms with Crippen LogP contribution in [0.4, 0.5) is 0 Å². The maximum absolute atomic E-state index is 12.2. The summed E-state index contributed by atoms with van der Waals surface area (Å²) < 4.78 is 10.7. The van der Waals surface area contributed by atoms with Crippen molar-refractivity contribution in [3.63, 3.8) is 0 Å². The third-order valence-electron chi connectivity index (χ3n) is 12.5. The van der Waals surface area contributed by atoms with E-state index in [-0.39, 0.29) is 45.6 Å². The molecule has 4 fully saturated rings. The minimum Gasteiger partial charge on any atom is -0.384 e. The monoisotopic (exact) mass is 632 g/mol. The van der Waals surface area contributed by atoms with Crippen LogP contribution in [0.2, 0.25) is 0 Å². The van der Waals surface area contributed by atoms with E-state index >= 15 is 0 Å². The predicted molar refractivity (Wildman–Crippen MR) is 182 cm³/mol. The third-order valence-corrected chi connectivity index (χ3v) is 12.5. The van der Waals surface area contributed by atoms with Gasteiger partial charge in [-0.3, -0.25) is 19.4 Å². The highest BCUT2D eigenvalue weighted by molar-refractivity contribution is 5.82. The fourth-order valence-electron chi connectivity index (χ4n) is 9.27. The van der Waals surface area contributed by atoms with Gasteiger partial charge in [0.05, 0.1) is 25.0 Å². The molecule has 4 aliphatic rings. The fraction of sp³-hybridized carbons (Fsp3) is 0.632. The molecule has 2 spiro atoms. The predicted octanol–water partition coefficient (Wildman–Crippen LogP) is 4.79. The Morgan fingerprint density at radius 2 is 0.913 bits per heavy atom. The van der Waals surface area contributed by atoms with E-state index in [9.17, 15) is 9.59 Å². The lowest BCUT2D eigenvalue weighted by atomic mass is 9.61. The lowest BCUT2D eigenvalue weighted by molar-refractivity contribution is -0.127. The largest absolute Gasteiger partial charge is 0.384 e. The first-order chi connectivity index (χ1) is 22.1. The van der Waals surface area contributed by atoms with Crippen LogP contribution in [0.3, 0.4) is 0 Å². The average molecular weight is 633 g/mol. The lowest BCUT2D eigenvalue weighted by Crippen LogP contribution is -2.49. The van der Waals surface area contributed by atoms with Crippen LogP contribution < -0.4 is 10.6 Å². The van der Waals surface area contributed by atoms with Gasteiger partial charge < -0.3 is 20.1 Å². The number of nitrogens with one attached hydrogen (secondary N) is 2. The van der Waals surface area contributed by atoms with Crippen molar-refractivity contribution in [2.75, 3.05) is 68.7 Å². The quantitative estimate of drug-likeness (QED) is 0.436. The topological polar surface area (TPSA) is 83.1 Å². The van der Waals surface area contributed by atoms with Crippen LogP contribution >= 0.6 is 0 Å². The first-order valence-corrected chi connectivity index (χ1v) is 17.1. The summed E-state index contributed by atoms with van der Waals surface area (Å²) in [6.07, 6.45) is 8.58. The Bertz CT molecular complexity index is 1200. The molecule has 0 bridgehead atoms. The molecular formula is C38H56N4O4. The van der Waals surface area contributed by atoms with Crippen molar-refractivity contribution in [1.82, 2.24) is 20.4 Å². The second kappa shape index (κ2) is 14.1. The van der Waals surface area contributed by atoms with Crippen LogP contribution in [0.1, 0.15) is 62.5 Å². The van der Waals surface area contributed by atoms with Gasteiger partial charge >= 0.3 is 0 Å². The van der Waals surface area contributed by atoms with Gasteiger partial charge in [-0.15, -0.1) is 0 Å². The summed E-state index contributed by atoms with van der Waals surface area (Å²) in [6, 6.07) is 21.6. The number of rotatable bonds is 8. The van der Waals surface area contributed by atoms with E-state index in [4.69, 9.17) is 9.47 Å². The second-order valence-electron chi connectivity index (χ2n) is 14.8. The van der Waals surface area contributed by atoms with Gasteiger partial charge in [0.15, 0.2) is 0 Å². The van der Waals surface area contributed by atoms with Crippen molar-refractivity contribution in [1.29, 1.82) is 0 Å². The number of amides is 2. The molecule has 2 aromatic carbocycles. The van der Waals surface area contributed by atoms with Crippen molar-refractivity contribution in [2.45, 2.75) is 62.4 Å².